The molecule has 0 aliphatic carbocycles. The predicted octanol–water partition coefficient (Wildman–Crippen LogP) is 4.52. The molecule has 202 valence electrons. The number of hydrogen-bond donors (Lipinski definition) is 1. The van der Waals surface area contributed by atoms with E-state index in [0.29, 0.717) is 42.4 Å². The molecule has 39 heavy (non-hydrogen) atoms. The minimum atomic E-state index is -0.640. The van der Waals surface area contributed by atoms with Crippen molar-refractivity contribution >= 4 is 52.3 Å². The molecule has 4 heterocycles. The van der Waals surface area contributed by atoms with Crippen molar-refractivity contribution in [3.8, 4) is 0 Å². The molecule has 1 N–H and O–H groups in total. The van der Waals surface area contributed by atoms with Gasteiger partial charge in [0.1, 0.15) is 22.9 Å². The number of halogens is 3. The Bertz CT molecular complexity index is 1470. The van der Waals surface area contributed by atoms with Crippen LogP contribution < -0.4 is 20.0 Å². The summed E-state index contributed by atoms with van der Waals surface area (Å²) < 4.78 is 30.0. The van der Waals surface area contributed by atoms with Crippen LogP contribution in [0.2, 0.25) is 5.02 Å². The molecule has 0 bridgehead atoms. The SMILES string of the molecule is CC1CN(c2ccc(Nc3ncc4c(n3)N3CCN=C3N(c3c(F)cccc3Cl)C4=O)cc2F)C[C@H](C)N1C. The maximum atomic E-state index is 15.2. The van der Waals surface area contributed by atoms with Gasteiger partial charge in [0.05, 0.1) is 17.3 Å². The topological polar surface area (TPSA) is 80.2 Å². The number of benzene rings is 2. The standard InChI is InChI=1S/C27H27ClF2N8O/c1-15-13-36(14-16(2)35(15)3)22-8-7-17(11-21(22)30)33-26-32-12-18-24(34-26)37-10-9-31-27(37)38(25(18)39)23-19(28)5-4-6-20(23)29/h4-8,11-12,15-16H,9-10,13-14H2,1-3H3,(H,32,33,34)/t15-,16?/m0/s1. The summed E-state index contributed by atoms with van der Waals surface area (Å²) in [4.78, 5) is 34.0. The lowest BCUT2D eigenvalue weighted by Crippen LogP contribution is -2.55. The van der Waals surface area contributed by atoms with Crippen LogP contribution in [0.4, 0.5) is 37.6 Å². The second-order valence-corrected chi connectivity index (χ2v) is 10.4. The van der Waals surface area contributed by atoms with Crippen molar-refractivity contribution in [1.29, 1.82) is 0 Å². The van der Waals surface area contributed by atoms with E-state index in [0.717, 1.165) is 18.0 Å². The van der Waals surface area contributed by atoms with E-state index >= 15 is 4.39 Å². The van der Waals surface area contributed by atoms with Crippen LogP contribution >= 0.6 is 11.6 Å². The first kappa shape index (κ1) is 25.4. The van der Waals surface area contributed by atoms with Crippen molar-refractivity contribution in [3.05, 3.63) is 64.8 Å². The third-order valence-corrected chi connectivity index (χ3v) is 7.85. The molecular formula is C27H27ClF2N8O. The Morgan fingerprint density at radius 2 is 1.85 bits per heavy atom. The van der Waals surface area contributed by atoms with Crippen molar-refractivity contribution in [2.24, 2.45) is 4.99 Å². The normalized spacial score (nSPS) is 21.1. The molecule has 0 radical (unpaired) electrons. The highest BCUT2D eigenvalue weighted by Crippen LogP contribution is 2.37. The number of fused-ring (bicyclic) bond motifs is 3. The van der Waals surface area contributed by atoms with Gasteiger partial charge in [0, 0.05) is 43.6 Å². The van der Waals surface area contributed by atoms with E-state index in [9.17, 15) is 9.18 Å². The number of carbonyl (C=O) groups is 1. The maximum absolute atomic E-state index is 15.2. The van der Waals surface area contributed by atoms with Crippen LogP contribution in [-0.2, 0) is 0 Å². The molecule has 2 atom stereocenters. The number of nitrogens with one attached hydrogen (secondary N) is 1. The highest BCUT2D eigenvalue weighted by Gasteiger charge is 2.41. The maximum Gasteiger partial charge on any atom is 0.270 e. The van der Waals surface area contributed by atoms with Gasteiger partial charge in [0.25, 0.3) is 5.91 Å². The van der Waals surface area contributed by atoms with E-state index in [-0.39, 0.29) is 34.0 Å². The number of rotatable bonds is 4. The van der Waals surface area contributed by atoms with Gasteiger partial charge >= 0.3 is 0 Å². The van der Waals surface area contributed by atoms with E-state index < -0.39 is 11.7 Å². The highest BCUT2D eigenvalue weighted by atomic mass is 35.5. The van der Waals surface area contributed by atoms with Crippen LogP contribution in [0, 0.1) is 11.6 Å². The minimum Gasteiger partial charge on any atom is -0.366 e. The molecule has 6 rings (SSSR count). The van der Waals surface area contributed by atoms with E-state index in [1.165, 1.54) is 30.5 Å². The van der Waals surface area contributed by atoms with E-state index in [1.54, 1.807) is 17.0 Å². The summed E-state index contributed by atoms with van der Waals surface area (Å²) in [5.41, 5.74) is 1.14. The van der Waals surface area contributed by atoms with Crippen molar-refractivity contribution in [2.75, 3.05) is 53.2 Å². The number of carbonyl (C=O) groups excluding carboxylic acids is 1. The molecule has 3 aromatic rings. The molecule has 1 unspecified atom stereocenters. The average Bonchev–Trinajstić information content (AvgIpc) is 3.39. The van der Waals surface area contributed by atoms with Gasteiger partial charge in [0.2, 0.25) is 11.9 Å². The van der Waals surface area contributed by atoms with Crippen molar-refractivity contribution in [2.45, 2.75) is 25.9 Å². The van der Waals surface area contributed by atoms with Crippen LogP contribution in [-0.4, -0.2) is 72.0 Å². The van der Waals surface area contributed by atoms with Crippen molar-refractivity contribution in [3.63, 3.8) is 0 Å². The first-order valence-corrected chi connectivity index (χ1v) is 13.1. The zero-order valence-corrected chi connectivity index (χ0v) is 22.5. The quantitative estimate of drug-likeness (QED) is 0.510. The van der Waals surface area contributed by atoms with Gasteiger partial charge in [-0.25, -0.2) is 18.7 Å². The smallest absolute Gasteiger partial charge is 0.270 e. The molecule has 1 amide bonds. The molecule has 1 fully saturated rings. The Kier molecular flexibility index (Phi) is 6.35. The van der Waals surface area contributed by atoms with Crippen molar-refractivity contribution in [1.82, 2.24) is 14.9 Å². The predicted molar refractivity (Wildman–Crippen MR) is 148 cm³/mol. The van der Waals surface area contributed by atoms with Crippen LogP contribution in [0.25, 0.3) is 0 Å². The second-order valence-electron chi connectivity index (χ2n) is 10.0. The monoisotopic (exact) mass is 552 g/mol. The number of para-hydroxylation sites is 1. The van der Waals surface area contributed by atoms with Gasteiger partial charge in [-0.2, -0.15) is 4.98 Å². The molecule has 2 aromatic carbocycles. The number of nitrogens with zero attached hydrogens (tertiary/aromatic N) is 7. The highest BCUT2D eigenvalue weighted by molar-refractivity contribution is 6.38. The number of piperazine rings is 1. The zero-order chi connectivity index (χ0) is 27.4. The number of aromatic nitrogens is 2. The largest absolute Gasteiger partial charge is 0.366 e. The van der Waals surface area contributed by atoms with Crippen LogP contribution in [0.5, 0.6) is 0 Å². The zero-order valence-electron chi connectivity index (χ0n) is 21.7. The average molecular weight is 553 g/mol. The first-order chi connectivity index (χ1) is 18.7. The fourth-order valence-electron chi connectivity index (χ4n) is 5.30. The summed E-state index contributed by atoms with van der Waals surface area (Å²) in [5.74, 6) is -0.738. The summed E-state index contributed by atoms with van der Waals surface area (Å²) in [7, 11) is 2.09. The van der Waals surface area contributed by atoms with E-state index in [2.05, 4.69) is 51.0 Å². The van der Waals surface area contributed by atoms with E-state index in [1.807, 2.05) is 0 Å². The summed E-state index contributed by atoms with van der Waals surface area (Å²) in [6.07, 6.45) is 1.38. The van der Waals surface area contributed by atoms with Crippen LogP contribution in [0.3, 0.4) is 0 Å². The third kappa shape index (κ3) is 4.35. The van der Waals surface area contributed by atoms with Gasteiger partial charge < -0.3 is 10.2 Å². The molecule has 0 saturated carbocycles. The molecule has 1 saturated heterocycles. The number of hydrogen-bond acceptors (Lipinski definition) is 8. The van der Waals surface area contributed by atoms with Crippen molar-refractivity contribution < 1.29 is 13.6 Å². The van der Waals surface area contributed by atoms with E-state index in [4.69, 9.17) is 11.6 Å². The number of anilines is 5. The van der Waals surface area contributed by atoms with Gasteiger partial charge in [-0.15, -0.1) is 0 Å². The summed E-state index contributed by atoms with van der Waals surface area (Å²) in [6, 6.07) is 9.80. The lowest BCUT2D eigenvalue weighted by Gasteiger charge is -2.43. The molecule has 1 aromatic heterocycles. The first-order valence-electron chi connectivity index (χ1n) is 12.7. The van der Waals surface area contributed by atoms with Gasteiger partial charge in [-0.05, 0) is 51.2 Å². The number of likely N-dealkylation sites (N-methyl/N-ethyl adjacent to an activating group) is 1. The minimum absolute atomic E-state index is 0.0672. The molecule has 0 spiro atoms. The number of guanidine groups is 1. The molecule has 12 heteroatoms. The molecule has 3 aliphatic heterocycles. The fraction of sp³-hybridized carbons (Fsp3) is 0.333. The Labute approximate surface area is 229 Å². The van der Waals surface area contributed by atoms with Crippen LogP contribution in [0.1, 0.15) is 24.2 Å². The van der Waals surface area contributed by atoms with Gasteiger partial charge in [0.15, 0.2) is 5.82 Å². The summed E-state index contributed by atoms with van der Waals surface area (Å²) >= 11 is 6.27. The summed E-state index contributed by atoms with van der Waals surface area (Å²) in [5, 5.41) is 3.13. The Hall–Kier alpha value is -3.83. The van der Waals surface area contributed by atoms with Gasteiger partial charge in [-0.3, -0.25) is 19.6 Å². The molecule has 3 aliphatic rings. The number of aliphatic imine (C=N–C) groups is 1. The lowest BCUT2D eigenvalue weighted by atomic mass is 10.1. The summed E-state index contributed by atoms with van der Waals surface area (Å²) in [6.45, 7) is 6.58. The Balaban J connectivity index is 1.27. The number of amides is 1. The van der Waals surface area contributed by atoms with Crippen LogP contribution in [0.15, 0.2) is 47.6 Å². The Morgan fingerprint density at radius 3 is 2.56 bits per heavy atom. The third-order valence-electron chi connectivity index (χ3n) is 7.54. The second kappa shape index (κ2) is 9.73. The molecular weight excluding hydrogens is 526 g/mol. The van der Waals surface area contributed by atoms with Gasteiger partial charge in [-0.1, -0.05) is 17.7 Å². The lowest BCUT2D eigenvalue weighted by molar-refractivity contribution is 0.0999. The Morgan fingerprint density at radius 1 is 1.08 bits per heavy atom. The molecule has 9 nitrogen and oxygen atoms in total. The fourth-order valence-corrected chi connectivity index (χ4v) is 5.55.